The smallest absolute Gasteiger partial charge is 0.355 e. The Morgan fingerprint density at radius 3 is 2.22 bits per heavy atom. The van der Waals surface area contributed by atoms with Gasteiger partial charge in [0.05, 0.1) is 11.3 Å². The van der Waals surface area contributed by atoms with Crippen LogP contribution >= 0.6 is 11.6 Å². The van der Waals surface area contributed by atoms with Crippen LogP contribution in [0.15, 0.2) is 55.6 Å². The first-order valence-electron chi connectivity index (χ1n) is 6.78. The summed E-state index contributed by atoms with van der Waals surface area (Å²) < 4.78 is 39.4. The van der Waals surface area contributed by atoms with E-state index in [1.807, 2.05) is 19.1 Å². The first kappa shape index (κ1) is 17.2. The Morgan fingerprint density at radius 2 is 1.65 bits per heavy atom. The van der Waals surface area contributed by atoms with Crippen LogP contribution in [0, 0.1) is 0 Å². The lowest BCUT2D eigenvalue weighted by molar-refractivity contribution is -0.136. The zero-order chi connectivity index (χ0) is 17.2. The van der Waals surface area contributed by atoms with Crippen LogP contribution in [0.3, 0.4) is 0 Å². The molecule has 0 radical (unpaired) electrons. The van der Waals surface area contributed by atoms with Gasteiger partial charge in [-0.3, -0.25) is 0 Å². The summed E-state index contributed by atoms with van der Waals surface area (Å²) in [7, 11) is 0. The van der Waals surface area contributed by atoms with Crippen molar-refractivity contribution < 1.29 is 13.2 Å². The SMILES string of the molecule is C=C(C)c1ccccc1C(=C)Nc1ccc(Cl)cc1C(F)(F)F. The van der Waals surface area contributed by atoms with Gasteiger partial charge in [-0.25, -0.2) is 0 Å². The molecule has 0 aromatic heterocycles. The number of anilines is 1. The van der Waals surface area contributed by atoms with Crippen LogP contribution in [0.4, 0.5) is 18.9 Å². The van der Waals surface area contributed by atoms with Crippen LogP contribution in [0.5, 0.6) is 0 Å². The molecular formula is C18H15ClF3N. The lowest BCUT2D eigenvalue weighted by Gasteiger charge is -2.18. The Labute approximate surface area is 138 Å². The summed E-state index contributed by atoms with van der Waals surface area (Å²) in [6.45, 7) is 9.56. The van der Waals surface area contributed by atoms with Gasteiger partial charge in [0.25, 0.3) is 0 Å². The third-order valence-electron chi connectivity index (χ3n) is 3.28. The Morgan fingerprint density at radius 1 is 1.04 bits per heavy atom. The van der Waals surface area contributed by atoms with E-state index in [1.165, 1.54) is 12.1 Å². The number of hydrogen-bond donors (Lipinski definition) is 1. The zero-order valence-corrected chi connectivity index (χ0v) is 13.2. The fourth-order valence-corrected chi connectivity index (χ4v) is 2.38. The number of allylic oxidation sites excluding steroid dienone is 1. The molecule has 0 saturated carbocycles. The number of hydrogen-bond acceptors (Lipinski definition) is 1. The number of halogens is 4. The Hall–Kier alpha value is -2.20. The van der Waals surface area contributed by atoms with Crippen molar-refractivity contribution in [1.82, 2.24) is 0 Å². The molecule has 0 fully saturated rings. The maximum atomic E-state index is 13.1. The highest BCUT2D eigenvalue weighted by atomic mass is 35.5. The van der Waals surface area contributed by atoms with Gasteiger partial charge < -0.3 is 5.32 Å². The van der Waals surface area contributed by atoms with Gasteiger partial charge in [0.15, 0.2) is 0 Å². The van der Waals surface area contributed by atoms with Crippen LogP contribution in [-0.2, 0) is 6.18 Å². The third-order valence-corrected chi connectivity index (χ3v) is 3.52. The monoisotopic (exact) mass is 337 g/mol. The van der Waals surface area contributed by atoms with Crippen molar-refractivity contribution in [3.05, 3.63) is 77.3 Å². The second-order valence-corrected chi connectivity index (χ2v) is 5.55. The lowest BCUT2D eigenvalue weighted by atomic mass is 9.99. The van der Waals surface area contributed by atoms with Crippen molar-refractivity contribution in [2.75, 3.05) is 5.32 Å². The minimum Gasteiger partial charge on any atom is -0.355 e. The topological polar surface area (TPSA) is 12.0 Å². The average Bonchev–Trinajstić information content (AvgIpc) is 2.48. The highest BCUT2D eigenvalue weighted by Crippen LogP contribution is 2.38. The Balaban J connectivity index is 2.41. The molecule has 1 N–H and O–H groups in total. The zero-order valence-electron chi connectivity index (χ0n) is 12.5. The van der Waals surface area contributed by atoms with E-state index in [-0.39, 0.29) is 10.7 Å². The van der Waals surface area contributed by atoms with Crippen LogP contribution in [0.1, 0.15) is 23.6 Å². The van der Waals surface area contributed by atoms with Gasteiger partial charge in [0, 0.05) is 16.3 Å². The summed E-state index contributed by atoms with van der Waals surface area (Å²) in [5, 5.41) is 2.77. The van der Waals surface area contributed by atoms with Crippen LogP contribution < -0.4 is 5.32 Å². The van der Waals surface area contributed by atoms with Crippen LogP contribution in [0.25, 0.3) is 11.3 Å². The van der Waals surface area contributed by atoms with E-state index < -0.39 is 11.7 Å². The van der Waals surface area contributed by atoms with Crippen LogP contribution in [0.2, 0.25) is 5.02 Å². The number of alkyl halides is 3. The molecule has 2 aromatic rings. The second-order valence-electron chi connectivity index (χ2n) is 5.12. The van der Waals surface area contributed by atoms with Crippen molar-refractivity contribution in [1.29, 1.82) is 0 Å². The van der Waals surface area contributed by atoms with Gasteiger partial charge in [-0.05, 0) is 30.7 Å². The largest absolute Gasteiger partial charge is 0.418 e. The molecule has 0 amide bonds. The highest BCUT2D eigenvalue weighted by molar-refractivity contribution is 6.30. The average molecular weight is 338 g/mol. The Kier molecular flexibility index (Phi) is 4.85. The van der Waals surface area contributed by atoms with Gasteiger partial charge in [-0.1, -0.05) is 54.6 Å². The van der Waals surface area contributed by atoms with Crippen molar-refractivity contribution in [3.8, 4) is 0 Å². The fraction of sp³-hybridized carbons (Fsp3) is 0.111. The second kappa shape index (κ2) is 6.50. The molecule has 120 valence electrons. The minimum atomic E-state index is -4.51. The molecule has 0 heterocycles. The normalized spacial score (nSPS) is 11.2. The van der Waals surface area contributed by atoms with Gasteiger partial charge in [-0.2, -0.15) is 13.2 Å². The van der Waals surface area contributed by atoms with Gasteiger partial charge in [-0.15, -0.1) is 0 Å². The summed E-state index contributed by atoms with van der Waals surface area (Å²) in [6.07, 6.45) is -4.51. The molecule has 2 aromatic carbocycles. The molecule has 0 unspecified atom stereocenters. The van der Waals surface area contributed by atoms with E-state index in [0.29, 0.717) is 11.3 Å². The van der Waals surface area contributed by atoms with E-state index in [1.54, 1.807) is 12.1 Å². The van der Waals surface area contributed by atoms with Crippen molar-refractivity contribution in [2.45, 2.75) is 13.1 Å². The maximum Gasteiger partial charge on any atom is 0.418 e. The first-order chi connectivity index (χ1) is 10.7. The van der Waals surface area contributed by atoms with E-state index in [9.17, 15) is 13.2 Å². The van der Waals surface area contributed by atoms with Gasteiger partial charge in [0.2, 0.25) is 0 Å². The summed E-state index contributed by atoms with van der Waals surface area (Å²) in [4.78, 5) is 0. The molecule has 1 nitrogen and oxygen atoms in total. The lowest BCUT2D eigenvalue weighted by Crippen LogP contribution is -2.10. The predicted molar refractivity (Wildman–Crippen MR) is 90.3 cm³/mol. The molecule has 0 spiro atoms. The van der Waals surface area contributed by atoms with Gasteiger partial charge in [0.1, 0.15) is 0 Å². The molecule has 5 heteroatoms. The highest BCUT2D eigenvalue weighted by Gasteiger charge is 2.34. The van der Waals surface area contributed by atoms with E-state index in [0.717, 1.165) is 17.2 Å². The number of rotatable bonds is 4. The number of nitrogens with one attached hydrogen (secondary N) is 1. The maximum absolute atomic E-state index is 13.1. The molecule has 0 aliphatic carbocycles. The summed E-state index contributed by atoms with van der Waals surface area (Å²) in [5.74, 6) is 0. The standard InChI is InChI=1S/C18H15ClF3N/c1-11(2)14-6-4-5-7-15(14)12(3)23-17-9-8-13(19)10-16(17)18(20,21)22/h4-10,23H,1,3H2,2H3. The van der Waals surface area contributed by atoms with Crippen molar-refractivity contribution >= 4 is 28.6 Å². The van der Waals surface area contributed by atoms with E-state index >= 15 is 0 Å². The summed E-state index contributed by atoms with van der Waals surface area (Å²) in [5.41, 5.74) is 1.75. The van der Waals surface area contributed by atoms with Crippen molar-refractivity contribution in [3.63, 3.8) is 0 Å². The predicted octanol–water partition coefficient (Wildman–Crippen LogP) is 6.47. The molecular weight excluding hydrogens is 323 g/mol. The van der Waals surface area contributed by atoms with Crippen LogP contribution in [-0.4, -0.2) is 0 Å². The first-order valence-corrected chi connectivity index (χ1v) is 7.16. The quantitative estimate of drug-likeness (QED) is 0.673. The molecule has 0 bridgehead atoms. The van der Waals surface area contributed by atoms with E-state index in [2.05, 4.69) is 18.5 Å². The Bertz CT molecular complexity index is 763. The molecule has 0 atom stereocenters. The molecule has 0 aliphatic rings. The fourth-order valence-electron chi connectivity index (χ4n) is 2.21. The van der Waals surface area contributed by atoms with Crippen molar-refractivity contribution in [2.24, 2.45) is 0 Å². The molecule has 2 rings (SSSR count). The third kappa shape index (κ3) is 3.96. The molecule has 0 saturated heterocycles. The molecule has 23 heavy (non-hydrogen) atoms. The summed E-state index contributed by atoms with van der Waals surface area (Å²) in [6, 6.07) is 10.8. The molecule has 0 aliphatic heterocycles. The van der Waals surface area contributed by atoms with Gasteiger partial charge >= 0.3 is 6.18 Å². The number of benzene rings is 2. The summed E-state index contributed by atoms with van der Waals surface area (Å²) >= 11 is 5.68. The van der Waals surface area contributed by atoms with E-state index in [4.69, 9.17) is 11.6 Å². The minimum absolute atomic E-state index is 0.0239.